The van der Waals surface area contributed by atoms with Gasteiger partial charge in [-0.15, -0.1) is 11.3 Å². The number of halogens is 2. The number of nitrogens with one attached hydrogen (secondary N) is 1. The molecule has 1 atom stereocenters. The smallest absolute Gasteiger partial charge is 0.115 e. The molecule has 102 valence electrons. The Kier molecular flexibility index (Phi) is 5.01. The van der Waals surface area contributed by atoms with Gasteiger partial charge in [0.05, 0.1) is 11.7 Å². The van der Waals surface area contributed by atoms with Crippen LogP contribution in [0.15, 0.2) is 22.7 Å². The van der Waals surface area contributed by atoms with Crippen molar-refractivity contribution in [1.82, 2.24) is 10.3 Å². The van der Waals surface area contributed by atoms with Crippen LogP contribution in [0.2, 0.25) is 5.02 Å². The number of thiazole rings is 1. The van der Waals surface area contributed by atoms with Crippen LogP contribution in [0.4, 0.5) is 0 Å². The molecule has 0 saturated heterocycles. The maximum Gasteiger partial charge on any atom is 0.115 e. The van der Waals surface area contributed by atoms with Gasteiger partial charge in [-0.05, 0) is 44.2 Å². The van der Waals surface area contributed by atoms with Crippen molar-refractivity contribution in [2.24, 2.45) is 0 Å². The van der Waals surface area contributed by atoms with Crippen molar-refractivity contribution in [3.05, 3.63) is 48.8 Å². The summed E-state index contributed by atoms with van der Waals surface area (Å²) in [6.45, 7) is 4.25. The minimum absolute atomic E-state index is 0.0361. The molecule has 1 unspecified atom stereocenters. The molecule has 1 aromatic carbocycles. The molecule has 1 aromatic heterocycles. The van der Waals surface area contributed by atoms with E-state index in [4.69, 9.17) is 16.6 Å². The summed E-state index contributed by atoms with van der Waals surface area (Å²) in [5.74, 6) is 0. The van der Waals surface area contributed by atoms with E-state index in [0.717, 1.165) is 26.5 Å². The third-order valence-electron chi connectivity index (χ3n) is 3.05. The monoisotopic (exact) mass is 358 g/mol. The van der Waals surface area contributed by atoms with Gasteiger partial charge in [-0.2, -0.15) is 0 Å². The number of aromatic nitrogens is 1. The van der Waals surface area contributed by atoms with Crippen LogP contribution < -0.4 is 5.32 Å². The average Bonchev–Trinajstić information content (AvgIpc) is 2.75. The second kappa shape index (κ2) is 6.35. The summed E-state index contributed by atoms with van der Waals surface area (Å²) in [6, 6.07) is 5.94. The molecule has 19 heavy (non-hydrogen) atoms. The fourth-order valence-corrected chi connectivity index (χ4v) is 3.80. The van der Waals surface area contributed by atoms with Crippen LogP contribution in [0.5, 0.6) is 0 Å². The number of nitrogens with zero attached hydrogens (tertiary/aromatic N) is 1. The van der Waals surface area contributed by atoms with Crippen LogP contribution in [0.25, 0.3) is 0 Å². The van der Waals surface area contributed by atoms with Crippen molar-refractivity contribution in [3.63, 3.8) is 0 Å². The molecule has 0 aliphatic heterocycles. The number of rotatable bonds is 4. The molecule has 0 aliphatic carbocycles. The third-order valence-corrected chi connectivity index (χ3v) is 4.96. The van der Waals surface area contributed by atoms with Gasteiger partial charge < -0.3 is 5.32 Å². The number of aryl methyl sites for hydroxylation is 2. The molecule has 0 bridgehead atoms. The summed E-state index contributed by atoms with van der Waals surface area (Å²) < 4.78 is 1.02. The lowest BCUT2D eigenvalue weighted by Crippen LogP contribution is -2.18. The minimum atomic E-state index is 0.0361. The normalized spacial score (nSPS) is 12.7. The second-order valence-corrected chi connectivity index (χ2v) is 6.85. The van der Waals surface area contributed by atoms with E-state index >= 15 is 0 Å². The Morgan fingerprint density at radius 1 is 1.47 bits per heavy atom. The molecule has 5 heteroatoms. The second-order valence-electron chi connectivity index (χ2n) is 4.30. The van der Waals surface area contributed by atoms with Crippen molar-refractivity contribution >= 4 is 38.9 Å². The SMILES string of the molecule is CCc1nc(C(NC)c2cc(Br)ccc2Cl)sc1C. The van der Waals surface area contributed by atoms with Gasteiger partial charge in [0.2, 0.25) is 0 Å². The molecule has 0 spiro atoms. The zero-order valence-corrected chi connectivity index (χ0v) is 14.3. The molecule has 0 aliphatic rings. The number of hydrogen-bond donors (Lipinski definition) is 1. The molecule has 0 saturated carbocycles. The van der Waals surface area contributed by atoms with Crippen LogP contribution in [-0.2, 0) is 6.42 Å². The predicted octanol–water partition coefficient (Wildman–Crippen LogP) is 4.74. The van der Waals surface area contributed by atoms with E-state index in [9.17, 15) is 0 Å². The fraction of sp³-hybridized carbons (Fsp3) is 0.357. The van der Waals surface area contributed by atoms with Crippen molar-refractivity contribution in [3.8, 4) is 0 Å². The van der Waals surface area contributed by atoms with Gasteiger partial charge in [0.15, 0.2) is 0 Å². The molecule has 0 fully saturated rings. The van der Waals surface area contributed by atoms with Gasteiger partial charge in [-0.25, -0.2) is 4.98 Å². The van der Waals surface area contributed by atoms with Gasteiger partial charge in [0.25, 0.3) is 0 Å². The Morgan fingerprint density at radius 3 is 2.79 bits per heavy atom. The zero-order chi connectivity index (χ0) is 14.0. The van der Waals surface area contributed by atoms with E-state index in [2.05, 4.69) is 35.1 Å². The highest BCUT2D eigenvalue weighted by Gasteiger charge is 2.20. The van der Waals surface area contributed by atoms with Gasteiger partial charge in [0, 0.05) is 14.4 Å². The third kappa shape index (κ3) is 3.19. The first kappa shape index (κ1) is 15.0. The lowest BCUT2D eigenvalue weighted by molar-refractivity contribution is 0.683. The van der Waals surface area contributed by atoms with E-state index in [-0.39, 0.29) is 6.04 Å². The molecule has 2 rings (SSSR count). The van der Waals surface area contributed by atoms with Gasteiger partial charge >= 0.3 is 0 Å². The van der Waals surface area contributed by atoms with Crippen LogP contribution in [0.3, 0.4) is 0 Å². The first-order chi connectivity index (χ1) is 9.06. The first-order valence-corrected chi connectivity index (χ1v) is 8.14. The highest BCUT2D eigenvalue weighted by Crippen LogP contribution is 2.33. The molecule has 1 N–H and O–H groups in total. The van der Waals surface area contributed by atoms with E-state index in [1.807, 2.05) is 25.2 Å². The molecular weight excluding hydrogens is 344 g/mol. The Morgan fingerprint density at radius 2 is 2.21 bits per heavy atom. The van der Waals surface area contributed by atoms with Gasteiger partial charge in [-0.1, -0.05) is 34.5 Å². The van der Waals surface area contributed by atoms with E-state index in [0.29, 0.717) is 0 Å². The molecule has 0 amide bonds. The van der Waals surface area contributed by atoms with E-state index in [1.165, 1.54) is 10.6 Å². The zero-order valence-electron chi connectivity index (χ0n) is 11.1. The molecule has 0 radical (unpaired) electrons. The minimum Gasteiger partial charge on any atom is -0.307 e. The maximum atomic E-state index is 6.32. The summed E-state index contributed by atoms with van der Waals surface area (Å²) in [5, 5.41) is 5.13. The highest BCUT2D eigenvalue weighted by atomic mass is 79.9. The summed E-state index contributed by atoms with van der Waals surface area (Å²) >= 11 is 11.5. The maximum absolute atomic E-state index is 6.32. The van der Waals surface area contributed by atoms with E-state index in [1.54, 1.807) is 11.3 Å². The predicted molar refractivity (Wildman–Crippen MR) is 86.3 cm³/mol. The topological polar surface area (TPSA) is 24.9 Å². The molecule has 1 heterocycles. The average molecular weight is 360 g/mol. The molecule has 2 nitrogen and oxygen atoms in total. The quantitative estimate of drug-likeness (QED) is 0.853. The largest absolute Gasteiger partial charge is 0.307 e. The Hall–Kier alpha value is -0.420. The Bertz CT molecular complexity index is 583. The van der Waals surface area contributed by atoms with Crippen LogP contribution in [0.1, 0.15) is 34.1 Å². The summed E-state index contributed by atoms with van der Waals surface area (Å²) in [5.41, 5.74) is 2.22. The number of benzene rings is 1. The van der Waals surface area contributed by atoms with Crippen LogP contribution in [0, 0.1) is 6.92 Å². The van der Waals surface area contributed by atoms with E-state index < -0.39 is 0 Å². The lowest BCUT2D eigenvalue weighted by Gasteiger charge is -2.16. The highest BCUT2D eigenvalue weighted by molar-refractivity contribution is 9.10. The van der Waals surface area contributed by atoms with Gasteiger partial charge in [-0.3, -0.25) is 0 Å². The van der Waals surface area contributed by atoms with Crippen LogP contribution >= 0.6 is 38.9 Å². The van der Waals surface area contributed by atoms with Gasteiger partial charge in [0.1, 0.15) is 5.01 Å². The van der Waals surface area contributed by atoms with Crippen LogP contribution in [-0.4, -0.2) is 12.0 Å². The number of hydrogen-bond acceptors (Lipinski definition) is 3. The Balaban J connectivity index is 2.46. The standard InChI is InChI=1S/C14H16BrClN2S/c1-4-12-8(2)19-14(18-12)13(17-3)10-7-9(15)5-6-11(10)16/h5-7,13,17H,4H2,1-3H3. The summed E-state index contributed by atoms with van der Waals surface area (Å²) in [7, 11) is 1.93. The summed E-state index contributed by atoms with van der Waals surface area (Å²) in [4.78, 5) is 6.01. The van der Waals surface area contributed by atoms with Crippen molar-refractivity contribution in [1.29, 1.82) is 0 Å². The molecule has 2 aromatic rings. The fourth-order valence-electron chi connectivity index (χ4n) is 2.05. The Labute approximate surface area is 131 Å². The van der Waals surface area contributed by atoms with Crippen molar-refractivity contribution in [2.75, 3.05) is 7.05 Å². The van der Waals surface area contributed by atoms with Crippen molar-refractivity contribution < 1.29 is 0 Å². The summed E-state index contributed by atoms with van der Waals surface area (Å²) in [6.07, 6.45) is 0.963. The first-order valence-electron chi connectivity index (χ1n) is 6.15. The van der Waals surface area contributed by atoms with Crippen molar-refractivity contribution in [2.45, 2.75) is 26.3 Å². The lowest BCUT2D eigenvalue weighted by atomic mass is 10.1. The molecular formula is C14H16BrClN2S.